The van der Waals surface area contributed by atoms with Gasteiger partial charge in [0, 0.05) is 13.1 Å². The highest BCUT2D eigenvalue weighted by Crippen LogP contribution is 1.99. The molecule has 72 valence electrons. The predicted octanol–water partition coefficient (Wildman–Crippen LogP) is 0.690. The summed E-state index contributed by atoms with van der Waals surface area (Å²) < 4.78 is 0. The van der Waals surface area contributed by atoms with Crippen LogP contribution in [0.5, 0.6) is 0 Å². The smallest absolute Gasteiger partial charge is 0.221 e. The van der Waals surface area contributed by atoms with E-state index in [0.29, 0.717) is 11.4 Å². The van der Waals surface area contributed by atoms with Gasteiger partial charge in [-0.2, -0.15) is 0 Å². The third-order valence-corrected chi connectivity index (χ3v) is 1.93. The molecule has 0 saturated heterocycles. The third kappa shape index (κ3) is 3.92. The van der Waals surface area contributed by atoms with E-state index in [2.05, 4.69) is 21.8 Å². The monoisotopic (exact) mass is 207 g/mol. The van der Waals surface area contributed by atoms with Gasteiger partial charge in [0.2, 0.25) is 5.95 Å². The number of anilines is 1. The Bertz CT molecular complexity index is 395. The van der Waals surface area contributed by atoms with Gasteiger partial charge in [0.25, 0.3) is 0 Å². The molecule has 0 aliphatic carbocycles. The quantitative estimate of drug-likeness (QED) is 0.686. The maximum Gasteiger partial charge on any atom is 0.221 e. The SMILES string of the molecule is CC(=O)SCC#Cc1ccnc(N)n1. The number of nitrogens with two attached hydrogens (primary N) is 1. The molecule has 0 saturated carbocycles. The van der Waals surface area contributed by atoms with E-state index < -0.39 is 0 Å². The van der Waals surface area contributed by atoms with Gasteiger partial charge in [-0.1, -0.05) is 17.7 Å². The molecule has 0 radical (unpaired) electrons. The van der Waals surface area contributed by atoms with Crippen LogP contribution in [0.15, 0.2) is 12.3 Å². The van der Waals surface area contributed by atoms with E-state index >= 15 is 0 Å². The average Bonchev–Trinajstić information content (AvgIpc) is 2.12. The van der Waals surface area contributed by atoms with Crippen LogP contribution < -0.4 is 5.73 Å². The largest absolute Gasteiger partial charge is 0.368 e. The Hall–Kier alpha value is -1.54. The maximum absolute atomic E-state index is 10.6. The highest BCUT2D eigenvalue weighted by atomic mass is 32.2. The van der Waals surface area contributed by atoms with Gasteiger partial charge in [0.1, 0.15) is 5.69 Å². The molecule has 0 aliphatic heterocycles. The number of thioether (sulfide) groups is 1. The summed E-state index contributed by atoms with van der Waals surface area (Å²) in [4.78, 5) is 18.2. The molecule has 1 aromatic rings. The lowest BCUT2D eigenvalue weighted by atomic mass is 10.4. The van der Waals surface area contributed by atoms with E-state index in [-0.39, 0.29) is 11.1 Å². The van der Waals surface area contributed by atoms with Crippen LogP contribution in [-0.2, 0) is 4.79 Å². The predicted molar refractivity (Wildman–Crippen MR) is 56.5 cm³/mol. The highest BCUT2D eigenvalue weighted by Gasteiger charge is 1.91. The molecule has 0 fully saturated rings. The molecule has 1 rings (SSSR count). The standard InChI is InChI=1S/C9H9N3OS/c1-7(13)14-6-2-3-8-4-5-11-9(10)12-8/h4-5H,6H2,1H3,(H2,10,11,12). The van der Waals surface area contributed by atoms with Crippen LogP contribution in [0, 0.1) is 11.8 Å². The minimum atomic E-state index is 0.0569. The summed E-state index contributed by atoms with van der Waals surface area (Å²) in [5.74, 6) is 6.27. The van der Waals surface area contributed by atoms with Crippen LogP contribution in [-0.4, -0.2) is 20.8 Å². The summed E-state index contributed by atoms with van der Waals surface area (Å²) in [5.41, 5.74) is 5.93. The van der Waals surface area contributed by atoms with Crippen LogP contribution >= 0.6 is 11.8 Å². The molecular formula is C9H9N3OS. The van der Waals surface area contributed by atoms with Crippen molar-refractivity contribution in [2.75, 3.05) is 11.5 Å². The van der Waals surface area contributed by atoms with Crippen molar-refractivity contribution in [1.29, 1.82) is 0 Å². The molecule has 0 bridgehead atoms. The Morgan fingerprint density at radius 1 is 1.71 bits per heavy atom. The molecule has 4 nitrogen and oxygen atoms in total. The maximum atomic E-state index is 10.6. The average molecular weight is 207 g/mol. The molecule has 1 heterocycles. The van der Waals surface area contributed by atoms with Crippen LogP contribution in [0.2, 0.25) is 0 Å². The molecule has 0 unspecified atom stereocenters. The number of carbonyl (C=O) groups is 1. The Labute approximate surface area is 86.3 Å². The Morgan fingerprint density at radius 3 is 3.14 bits per heavy atom. The van der Waals surface area contributed by atoms with Crippen molar-refractivity contribution >= 4 is 22.8 Å². The first-order chi connectivity index (χ1) is 6.68. The van der Waals surface area contributed by atoms with Crippen molar-refractivity contribution in [2.45, 2.75) is 6.92 Å². The van der Waals surface area contributed by atoms with Crippen molar-refractivity contribution in [3.8, 4) is 11.8 Å². The molecule has 14 heavy (non-hydrogen) atoms. The number of carbonyl (C=O) groups excluding carboxylic acids is 1. The Balaban J connectivity index is 2.55. The van der Waals surface area contributed by atoms with Crippen molar-refractivity contribution in [3.63, 3.8) is 0 Å². The normalized spacial score (nSPS) is 8.93. The van der Waals surface area contributed by atoms with Crippen molar-refractivity contribution in [1.82, 2.24) is 9.97 Å². The van der Waals surface area contributed by atoms with Gasteiger partial charge in [-0.25, -0.2) is 9.97 Å². The molecular weight excluding hydrogens is 198 g/mol. The zero-order valence-corrected chi connectivity index (χ0v) is 8.47. The van der Waals surface area contributed by atoms with E-state index in [9.17, 15) is 4.79 Å². The second-order valence-electron chi connectivity index (χ2n) is 2.38. The minimum Gasteiger partial charge on any atom is -0.368 e. The fourth-order valence-corrected chi connectivity index (χ4v) is 1.06. The summed E-state index contributed by atoms with van der Waals surface area (Å²) in [5, 5.41) is 0.0569. The number of nitrogen functional groups attached to an aromatic ring is 1. The second-order valence-corrected chi connectivity index (χ2v) is 3.53. The first-order valence-electron chi connectivity index (χ1n) is 3.89. The molecule has 0 amide bonds. The Kier molecular flexibility index (Phi) is 3.95. The summed E-state index contributed by atoms with van der Waals surface area (Å²) >= 11 is 1.17. The van der Waals surface area contributed by atoms with Gasteiger partial charge in [0.15, 0.2) is 5.12 Å². The molecule has 0 aromatic carbocycles. The fraction of sp³-hybridized carbons (Fsp3) is 0.222. The number of nitrogens with zero attached hydrogens (tertiary/aromatic N) is 2. The van der Waals surface area contributed by atoms with E-state index in [1.165, 1.54) is 18.7 Å². The third-order valence-electron chi connectivity index (χ3n) is 1.24. The van der Waals surface area contributed by atoms with Gasteiger partial charge < -0.3 is 5.73 Å². The van der Waals surface area contributed by atoms with Crippen LogP contribution in [0.25, 0.3) is 0 Å². The molecule has 0 atom stereocenters. The van der Waals surface area contributed by atoms with Gasteiger partial charge >= 0.3 is 0 Å². The van der Waals surface area contributed by atoms with E-state index in [0.717, 1.165) is 0 Å². The van der Waals surface area contributed by atoms with Gasteiger partial charge in [-0.3, -0.25) is 4.79 Å². The van der Waals surface area contributed by atoms with E-state index in [4.69, 9.17) is 5.73 Å². The summed E-state index contributed by atoms with van der Waals surface area (Å²) in [7, 11) is 0. The van der Waals surface area contributed by atoms with Gasteiger partial charge in [-0.05, 0) is 12.0 Å². The zero-order valence-electron chi connectivity index (χ0n) is 7.65. The first-order valence-corrected chi connectivity index (χ1v) is 4.88. The molecule has 0 aliphatic rings. The van der Waals surface area contributed by atoms with Crippen LogP contribution in [0.4, 0.5) is 5.95 Å². The molecule has 5 heteroatoms. The highest BCUT2D eigenvalue weighted by molar-refractivity contribution is 8.13. The topological polar surface area (TPSA) is 68.9 Å². The number of rotatable bonds is 1. The molecule has 0 spiro atoms. The minimum absolute atomic E-state index is 0.0569. The van der Waals surface area contributed by atoms with Crippen molar-refractivity contribution < 1.29 is 4.79 Å². The Morgan fingerprint density at radius 2 is 2.50 bits per heavy atom. The summed E-state index contributed by atoms with van der Waals surface area (Å²) in [6, 6.07) is 1.67. The number of aromatic nitrogens is 2. The first kappa shape index (κ1) is 10.5. The summed E-state index contributed by atoms with van der Waals surface area (Å²) in [6.07, 6.45) is 1.55. The summed E-state index contributed by atoms with van der Waals surface area (Å²) in [6.45, 7) is 1.51. The number of hydrogen-bond donors (Lipinski definition) is 1. The lowest BCUT2D eigenvalue weighted by Gasteiger charge is -1.90. The van der Waals surface area contributed by atoms with Crippen molar-refractivity contribution in [2.24, 2.45) is 0 Å². The van der Waals surface area contributed by atoms with Gasteiger partial charge in [-0.15, -0.1) is 0 Å². The van der Waals surface area contributed by atoms with Crippen LogP contribution in [0.3, 0.4) is 0 Å². The lowest BCUT2D eigenvalue weighted by Crippen LogP contribution is -1.95. The molecule has 2 N–H and O–H groups in total. The second kappa shape index (κ2) is 5.25. The fourth-order valence-electron chi connectivity index (χ4n) is 0.708. The zero-order chi connectivity index (χ0) is 10.4. The lowest BCUT2D eigenvalue weighted by molar-refractivity contribution is -0.109. The van der Waals surface area contributed by atoms with E-state index in [1.807, 2.05) is 0 Å². The van der Waals surface area contributed by atoms with E-state index in [1.54, 1.807) is 12.3 Å². The number of hydrogen-bond acceptors (Lipinski definition) is 5. The van der Waals surface area contributed by atoms with Crippen molar-refractivity contribution in [3.05, 3.63) is 18.0 Å². The van der Waals surface area contributed by atoms with Gasteiger partial charge in [0.05, 0.1) is 5.75 Å². The molecule has 1 aromatic heterocycles. The van der Waals surface area contributed by atoms with Crippen LogP contribution in [0.1, 0.15) is 12.6 Å².